The molecule has 0 bridgehead atoms. The number of nitrogens with one attached hydrogen (secondary N) is 1. The number of halogens is 3. The second-order valence-electron chi connectivity index (χ2n) is 6.54. The Bertz CT molecular complexity index is 648. The van der Waals surface area contributed by atoms with E-state index in [0.717, 1.165) is 0 Å². The van der Waals surface area contributed by atoms with Crippen LogP contribution in [0.1, 0.15) is 24.2 Å². The highest BCUT2D eigenvalue weighted by Gasteiger charge is 2.36. The number of alkyl halides is 3. The fraction of sp³-hybridized carbons (Fsp3) is 0.529. The van der Waals surface area contributed by atoms with E-state index in [-0.39, 0.29) is 18.5 Å². The van der Waals surface area contributed by atoms with Gasteiger partial charge in [0.15, 0.2) is 0 Å². The SMILES string of the molecule is C[C@H]1CN([C@@H](C)C(=O)Nc2ccc(C(N)=O)cc2)CCN1CC(F)(F)F. The number of amides is 2. The predicted octanol–water partition coefficient (Wildman–Crippen LogP) is 1.68. The van der Waals surface area contributed by atoms with E-state index >= 15 is 0 Å². The first-order valence-corrected chi connectivity index (χ1v) is 8.32. The van der Waals surface area contributed by atoms with Crippen molar-refractivity contribution in [2.75, 3.05) is 31.5 Å². The lowest BCUT2D eigenvalue weighted by molar-refractivity contribution is -0.156. The summed E-state index contributed by atoms with van der Waals surface area (Å²) in [4.78, 5) is 26.7. The fourth-order valence-electron chi connectivity index (χ4n) is 2.97. The van der Waals surface area contributed by atoms with Gasteiger partial charge < -0.3 is 11.1 Å². The van der Waals surface area contributed by atoms with E-state index < -0.39 is 24.7 Å². The molecule has 9 heteroatoms. The van der Waals surface area contributed by atoms with Crippen LogP contribution in [0.4, 0.5) is 18.9 Å². The van der Waals surface area contributed by atoms with Crippen molar-refractivity contribution in [1.82, 2.24) is 9.80 Å². The maximum absolute atomic E-state index is 12.6. The molecule has 0 saturated carbocycles. The van der Waals surface area contributed by atoms with Crippen LogP contribution in [0.2, 0.25) is 0 Å². The lowest BCUT2D eigenvalue weighted by Crippen LogP contribution is -2.58. The monoisotopic (exact) mass is 372 g/mol. The molecule has 1 fully saturated rings. The van der Waals surface area contributed by atoms with Crippen LogP contribution in [0, 0.1) is 0 Å². The average Bonchev–Trinajstić information content (AvgIpc) is 2.55. The molecular weight excluding hydrogens is 349 g/mol. The Balaban J connectivity index is 1.91. The van der Waals surface area contributed by atoms with Gasteiger partial charge in [-0.15, -0.1) is 0 Å². The standard InChI is InChI=1S/C17H23F3N4O2/c1-11-9-23(7-8-24(11)10-17(18,19)20)12(2)16(26)22-14-5-3-13(4-6-14)15(21)25/h3-6,11-12H,7-10H2,1-2H3,(H2,21,25)(H,22,26)/t11-,12-/m0/s1. The first-order valence-electron chi connectivity index (χ1n) is 8.32. The van der Waals surface area contributed by atoms with Gasteiger partial charge in [-0.1, -0.05) is 0 Å². The summed E-state index contributed by atoms with van der Waals surface area (Å²) in [5, 5.41) is 2.74. The largest absolute Gasteiger partial charge is 0.401 e. The number of carbonyl (C=O) groups is 2. The number of rotatable bonds is 5. The van der Waals surface area contributed by atoms with Gasteiger partial charge in [-0.3, -0.25) is 19.4 Å². The van der Waals surface area contributed by atoms with E-state index in [4.69, 9.17) is 5.73 Å². The molecule has 1 aliphatic heterocycles. The summed E-state index contributed by atoms with van der Waals surface area (Å²) < 4.78 is 37.7. The van der Waals surface area contributed by atoms with Gasteiger partial charge in [-0.25, -0.2) is 0 Å². The van der Waals surface area contributed by atoms with Crippen LogP contribution in [0.5, 0.6) is 0 Å². The van der Waals surface area contributed by atoms with Crippen molar-refractivity contribution in [1.29, 1.82) is 0 Å². The first-order chi connectivity index (χ1) is 12.1. The van der Waals surface area contributed by atoms with Gasteiger partial charge in [0.2, 0.25) is 11.8 Å². The van der Waals surface area contributed by atoms with E-state index in [1.54, 1.807) is 26.0 Å². The Morgan fingerprint density at radius 1 is 1.27 bits per heavy atom. The van der Waals surface area contributed by atoms with E-state index in [1.807, 2.05) is 4.90 Å². The van der Waals surface area contributed by atoms with Crippen molar-refractivity contribution >= 4 is 17.5 Å². The van der Waals surface area contributed by atoms with Gasteiger partial charge in [0.05, 0.1) is 12.6 Å². The molecule has 0 unspecified atom stereocenters. The maximum Gasteiger partial charge on any atom is 0.401 e. The number of primary amides is 1. The predicted molar refractivity (Wildman–Crippen MR) is 91.7 cm³/mol. The quantitative estimate of drug-likeness (QED) is 0.824. The number of piperazine rings is 1. The van der Waals surface area contributed by atoms with Gasteiger partial charge in [0.1, 0.15) is 0 Å². The van der Waals surface area contributed by atoms with E-state index in [0.29, 0.717) is 24.3 Å². The molecule has 2 atom stereocenters. The van der Waals surface area contributed by atoms with E-state index in [9.17, 15) is 22.8 Å². The zero-order valence-electron chi connectivity index (χ0n) is 14.7. The minimum atomic E-state index is -4.23. The lowest BCUT2D eigenvalue weighted by Gasteiger charge is -2.42. The molecule has 1 aromatic rings. The van der Waals surface area contributed by atoms with Crippen LogP contribution >= 0.6 is 0 Å². The Hall–Kier alpha value is -2.13. The minimum absolute atomic E-state index is 0.256. The van der Waals surface area contributed by atoms with Crippen molar-refractivity contribution in [3.8, 4) is 0 Å². The number of hydrogen-bond donors (Lipinski definition) is 2. The molecular formula is C17H23F3N4O2. The number of nitrogens with two attached hydrogens (primary N) is 1. The molecule has 0 aromatic heterocycles. The first kappa shape index (κ1) is 20.2. The highest BCUT2D eigenvalue weighted by atomic mass is 19.4. The van der Waals surface area contributed by atoms with Crippen molar-refractivity contribution in [3.05, 3.63) is 29.8 Å². The second-order valence-corrected chi connectivity index (χ2v) is 6.54. The molecule has 144 valence electrons. The van der Waals surface area contributed by atoms with Crippen molar-refractivity contribution < 1.29 is 22.8 Å². The van der Waals surface area contributed by atoms with Gasteiger partial charge >= 0.3 is 6.18 Å². The highest BCUT2D eigenvalue weighted by molar-refractivity contribution is 5.96. The van der Waals surface area contributed by atoms with Gasteiger partial charge in [0.25, 0.3) is 0 Å². The molecule has 0 aliphatic carbocycles. The maximum atomic E-state index is 12.6. The third-order valence-corrected chi connectivity index (χ3v) is 4.54. The Kier molecular flexibility index (Phi) is 6.25. The third kappa shape index (κ3) is 5.43. The topological polar surface area (TPSA) is 78.7 Å². The number of anilines is 1. The molecule has 2 rings (SSSR count). The van der Waals surface area contributed by atoms with Gasteiger partial charge in [-0.2, -0.15) is 13.2 Å². The Morgan fingerprint density at radius 3 is 2.38 bits per heavy atom. The molecule has 6 nitrogen and oxygen atoms in total. The van der Waals surface area contributed by atoms with Crippen LogP contribution in [-0.4, -0.2) is 66.1 Å². The second kappa shape index (κ2) is 8.05. The fourth-order valence-corrected chi connectivity index (χ4v) is 2.97. The Labute approximate surface area is 150 Å². The number of nitrogens with zero attached hydrogens (tertiary/aromatic N) is 2. The van der Waals surface area contributed by atoms with Gasteiger partial charge in [-0.05, 0) is 38.1 Å². The molecule has 1 saturated heterocycles. The summed E-state index contributed by atoms with van der Waals surface area (Å²) in [6.45, 7) is 3.53. The number of hydrogen-bond acceptors (Lipinski definition) is 4. The van der Waals surface area contributed by atoms with Crippen LogP contribution in [0.25, 0.3) is 0 Å². The molecule has 1 heterocycles. The molecule has 3 N–H and O–H groups in total. The Morgan fingerprint density at radius 2 is 1.88 bits per heavy atom. The van der Waals surface area contributed by atoms with Crippen LogP contribution in [0.15, 0.2) is 24.3 Å². The summed E-state index contributed by atoms with van der Waals surface area (Å²) in [7, 11) is 0. The molecule has 1 aliphatic rings. The molecule has 0 radical (unpaired) electrons. The van der Waals surface area contributed by atoms with Crippen LogP contribution in [-0.2, 0) is 4.79 Å². The minimum Gasteiger partial charge on any atom is -0.366 e. The summed E-state index contributed by atoms with van der Waals surface area (Å²) >= 11 is 0. The van der Waals surface area contributed by atoms with Gasteiger partial charge in [0, 0.05) is 36.9 Å². The zero-order valence-corrected chi connectivity index (χ0v) is 14.7. The van der Waals surface area contributed by atoms with Crippen molar-refractivity contribution in [2.24, 2.45) is 5.73 Å². The van der Waals surface area contributed by atoms with Crippen LogP contribution < -0.4 is 11.1 Å². The number of benzene rings is 1. The van der Waals surface area contributed by atoms with Crippen molar-refractivity contribution in [3.63, 3.8) is 0 Å². The molecule has 0 spiro atoms. The third-order valence-electron chi connectivity index (χ3n) is 4.54. The average molecular weight is 372 g/mol. The summed E-state index contributed by atoms with van der Waals surface area (Å²) in [6.07, 6.45) is -4.23. The normalized spacial score (nSPS) is 20.6. The highest BCUT2D eigenvalue weighted by Crippen LogP contribution is 2.21. The smallest absolute Gasteiger partial charge is 0.366 e. The van der Waals surface area contributed by atoms with E-state index in [2.05, 4.69) is 5.32 Å². The molecule has 2 amide bonds. The van der Waals surface area contributed by atoms with Crippen LogP contribution in [0.3, 0.4) is 0 Å². The van der Waals surface area contributed by atoms with E-state index in [1.165, 1.54) is 17.0 Å². The molecule has 1 aromatic carbocycles. The van der Waals surface area contributed by atoms with Crippen molar-refractivity contribution in [2.45, 2.75) is 32.1 Å². The lowest BCUT2D eigenvalue weighted by atomic mass is 10.1. The summed E-state index contributed by atoms with van der Waals surface area (Å²) in [5.74, 6) is -0.810. The summed E-state index contributed by atoms with van der Waals surface area (Å²) in [6, 6.07) is 5.40. The number of carbonyl (C=O) groups excluding carboxylic acids is 2. The zero-order chi connectivity index (χ0) is 19.5. The summed E-state index contributed by atoms with van der Waals surface area (Å²) in [5.41, 5.74) is 6.03. The molecule has 26 heavy (non-hydrogen) atoms.